The van der Waals surface area contributed by atoms with Crippen LogP contribution in [0.3, 0.4) is 0 Å². The number of aliphatic hydroxyl groups excluding tert-OH is 1. The van der Waals surface area contributed by atoms with Gasteiger partial charge in [0, 0.05) is 5.56 Å². The molecule has 0 aliphatic rings. The number of benzene rings is 1. The Hall–Kier alpha value is -0.560. The lowest BCUT2D eigenvalue weighted by Gasteiger charge is -2.18. The lowest BCUT2D eigenvalue weighted by molar-refractivity contribution is -0.137. The van der Waals surface area contributed by atoms with E-state index >= 15 is 0 Å². The molecule has 1 aromatic carbocycles. The first kappa shape index (κ1) is 17.4. The Morgan fingerprint density at radius 3 is 2.22 bits per heavy atom. The van der Waals surface area contributed by atoms with Crippen LogP contribution in [0, 0.1) is 5.82 Å². The minimum Gasteiger partial charge on any atom is -0.391 e. The Morgan fingerprint density at radius 2 is 1.83 bits per heavy atom. The topological polar surface area (TPSA) is 46.2 Å². The summed E-state index contributed by atoms with van der Waals surface area (Å²) in [5.74, 6) is -1.05. The van der Waals surface area contributed by atoms with E-state index < -0.39 is 40.3 Å². The fraction of sp³-hybridized carbons (Fsp3) is 0.400. The fourth-order valence-electron chi connectivity index (χ4n) is 1.28. The third-order valence-electron chi connectivity index (χ3n) is 2.26. The van der Waals surface area contributed by atoms with Crippen molar-refractivity contribution in [2.75, 3.05) is 0 Å². The number of alkyl halides is 3. The zero-order valence-electron chi connectivity index (χ0n) is 9.13. The zero-order chi connectivity index (χ0) is 13.4. The van der Waals surface area contributed by atoms with Gasteiger partial charge in [-0.3, -0.25) is 0 Å². The highest BCUT2D eigenvalue weighted by atomic mass is 35.5. The lowest BCUT2D eigenvalue weighted by atomic mass is 10.00. The van der Waals surface area contributed by atoms with E-state index in [2.05, 4.69) is 0 Å². The fourth-order valence-corrected chi connectivity index (χ4v) is 1.50. The number of nitrogens with two attached hydrogens (primary N) is 1. The Balaban J connectivity index is 0.00000289. The Kier molecular flexibility index (Phi) is 5.87. The molecule has 0 aliphatic carbocycles. The van der Waals surface area contributed by atoms with Gasteiger partial charge in [0.15, 0.2) is 0 Å². The summed E-state index contributed by atoms with van der Waals surface area (Å²) in [6.45, 7) is 1.25. The number of hydrogen-bond acceptors (Lipinski definition) is 2. The van der Waals surface area contributed by atoms with Gasteiger partial charge in [-0.2, -0.15) is 13.2 Å². The summed E-state index contributed by atoms with van der Waals surface area (Å²) in [7, 11) is 0. The molecular weight excluding hydrogens is 297 g/mol. The molecule has 2 atom stereocenters. The van der Waals surface area contributed by atoms with Crippen molar-refractivity contribution in [3.8, 4) is 0 Å². The molecule has 8 heteroatoms. The average molecular weight is 308 g/mol. The monoisotopic (exact) mass is 307 g/mol. The molecule has 0 bridgehead atoms. The number of halogens is 6. The van der Waals surface area contributed by atoms with Gasteiger partial charge in [-0.25, -0.2) is 4.39 Å². The molecule has 0 aromatic heterocycles. The molecule has 3 N–H and O–H groups in total. The minimum atomic E-state index is -4.65. The number of aliphatic hydroxyl groups is 1. The van der Waals surface area contributed by atoms with Gasteiger partial charge in [-0.05, 0) is 19.1 Å². The maximum absolute atomic E-state index is 13.5. The van der Waals surface area contributed by atoms with Gasteiger partial charge in [0.1, 0.15) is 5.82 Å². The summed E-state index contributed by atoms with van der Waals surface area (Å²) in [6.07, 6.45) is -5.84. The van der Waals surface area contributed by atoms with Gasteiger partial charge in [0.25, 0.3) is 0 Å². The van der Waals surface area contributed by atoms with E-state index in [-0.39, 0.29) is 12.4 Å². The molecule has 0 unspecified atom stereocenters. The molecule has 0 amide bonds. The van der Waals surface area contributed by atoms with Crippen molar-refractivity contribution in [2.45, 2.75) is 25.2 Å². The number of rotatable bonds is 2. The molecule has 104 valence electrons. The Morgan fingerprint density at radius 1 is 1.33 bits per heavy atom. The zero-order valence-corrected chi connectivity index (χ0v) is 10.7. The van der Waals surface area contributed by atoms with Crippen LogP contribution in [0.5, 0.6) is 0 Å². The molecule has 0 aliphatic heterocycles. The smallest absolute Gasteiger partial charge is 0.391 e. The van der Waals surface area contributed by atoms with Crippen molar-refractivity contribution in [3.05, 3.63) is 34.1 Å². The van der Waals surface area contributed by atoms with E-state index in [1.54, 1.807) is 0 Å². The van der Waals surface area contributed by atoms with Gasteiger partial charge >= 0.3 is 6.18 Å². The average Bonchev–Trinajstić information content (AvgIpc) is 2.19. The highest BCUT2D eigenvalue weighted by Crippen LogP contribution is 2.35. The van der Waals surface area contributed by atoms with Crippen LogP contribution in [0.1, 0.15) is 24.1 Å². The van der Waals surface area contributed by atoms with Crippen LogP contribution >= 0.6 is 24.0 Å². The molecule has 0 saturated carbocycles. The van der Waals surface area contributed by atoms with Crippen LogP contribution in [0.25, 0.3) is 0 Å². The van der Waals surface area contributed by atoms with Gasteiger partial charge in [-0.15, -0.1) is 12.4 Å². The second-order valence-corrected chi connectivity index (χ2v) is 4.03. The van der Waals surface area contributed by atoms with Crippen molar-refractivity contribution in [2.24, 2.45) is 5.73 Å². The van der Waals surface area contributed by atoms with Crippen LogP contribution in [0.15, 0.2) is 12.1 Å². The summed E-state index contributed by atoms with van der Waals surface area (Å²) in [4.78, 5) is 0. The van der Waals surface area contributed by atoms with E-state index in [0.717, 1.165) is 0 Å². The van der Waals surface area contributed by atoms with Gasteiger partial charge in [0.05, 0.1) is 22.7 Å². The van der Waals surface area contributed by atoms with Gasteiger partial charge < -0.3 is 10.8 Å². The number of hydrogen-bond donors (Lipinski definition) is 2. The van der Waals surface area contributed by atoms with E-state index in [1.165, 1.54) is 6.92 Å². The molecule has 18 heavy (non-hydrogen) atoms. The summed E-state index contributed by atoms with van der Waals surface area (Å²) in [5.41, 5.74) is 3.84. The van der Waals surface area contributed by atoms with Crippen LogP contribution in [-0.2, 0) is 6.18 Å². The van der Waals surface area contributed by atoms with Crippen LogP contribution < -0.4 is 5.73 Å². The molecule has 0 saturated heterocycles. The first-order valence-electron chi connectivity index (χ1n) is 4.64. The lowest BCUT2D eigenvalue weighted by Crippen LogP contribution is -2.25. The van der Waals surface area contributed by atoms with Crippen molar-refractivity contribution in [1.82, 2.24) is 0 Å². The van der Waals surface area contributed by atoms with Crippen molar-refractivity contribution >= 4 is 24.0 Å². The third-order valence-corrected chi connectivity index (χ3v) is 2.54. The predicted octanol–water partition coefficient (Wildman–Crippen LogP) is 3.30. The molecule has 0 heterocycles. The predicted molar refractivity (Wildman–Crippen MR) is 62.3 cm³/mol. The third kappa shape index (κ3) is 3.71. The second kappa shape index (κ2) is 6.06. The largest absolute Gasteiger partial charge is 0.416 e. The summed E-state index contributed by atoms with van der Waals surface area (Å²) >= 11 is 5.36. The highest BCUT2D eigenvalue weighted by Gasteiger charge is 2.33. The Labute approximate surface area is 112 Å². The summed E-state index contributed by atoms with van der Waals surface area (Å²) in [6, 6.07) is -0.233. The van der Waals surface area contributed by atoms with Crippen LogP contribution in [0.4, 0.5) is 17.6 Å². The van der Waals surface area contributed by atoms with Crippen molar-refractivity contribution in [3.63, 3.8) is 0 Å². The molecule has 1 aromatic rings. The molecule has 0 fully saturated rings. The minimum absolute atomic E-state index is 0. The first-order chi connectivity index (χ1) is 7.64. The van der Waals surface area contributed by atoms with E-state index in [0.29, 0.717) is 12.1 Å². The normalized spacial score (nSPS) is 14.9. The molecular formula is C10H11Cl2F4NO. The molecule has 0 radical (unpaired) electrons. The first-order valence-corrected chi connectivity index (χ1v) is 5.02. The maximum atomic E-state index is 13.5. The van der Waals surface area contributed by atoms with Gasteiger partial charge in [0.2, 0.25) is 0 Å². The quantitative estimate of drug-likeness (QED) is 0.824. The Bertz CT molecular complexity index is 423. The standard InChI is InChI=1S/C10H10ClF4NO.ClH/c1-4(17)9(16)6-2-5(10(13,14)15)3-7(11)8(6)12;/h2-4,9,17H,16H2,1H3;1H/t4-,9-;/m0./s1. The van der Waals surface area contributed by atoms with E-state index in [4.69, 9.17) is 22.4 Å². The van der Waals surface area contributed by atoms with Gasteiger partial charge in [-0.1, -0.05) is 11.6 Å². The SMILES string of the molecule is C[C@H](O)[C@H](N)c1cc(C(F)(F)F)cc(Cl)c1F.Cl. The summed E-state index contributed by atoms with van der Waals surface area (Å²) < 4.78 is 50.9. The highest BCUT2D eigenvalue weighted by molar-refractivity contribution is 6.30. The maximum Gasteiger partial charge on any atom is 0.416 e. The van der Waals surface area contributed by atoms with Crippen molar-refractivity contribution in [1.29, 1.82) is 0 Å². The second-order valence-electron chi connectivity index (χ2n) is 3.63. The molecule has 0 spiro atoms. The van der Waals surface area contributed by atoms with Crippen molar-refractivity contribution < 1.29 is 22.7 Å². The van der Waals surface area contributed by atoms with E-state index in [1.807, 2.05) is 0 Å². The molecule has 1 rings (SSSR count). The van der Waals surface area contributed by atoms with E-state index in [9.17, 15) is 17.6 Å². The van der Waals surface area contributed by atoms with Crippen LogP contribution in [0.2, 0.25) is 5.02 Å². The summed E-state index contributed by atoms with van der Waals surface area (Å²) in [5, 5.41) is 8.49. The van der Waals surface area contributed by atoms with Crippen LogP contribution in [-0.4, -0.2) is 11.2 Å². The molecule has 2 nitrogen and oxygen atoms in total.